The molecule has 2 rings (SSSR count). The van der Waals surface area contributed by atoms with Crippen LogP contribution in [0, 0.1) is 0 Å². The van der Waals surface area contributed by atoms with Gasteiger partial charge in [-0.15, -0.1) is 0 Å². The number of carbonyl (C=O) groups excluding carboxylic acids is 1. The summed E-state index contributed by atoms with van der Waals surface area (Å²) >= 11 is 0. The summed E-state index contributed by atoms with van der Waals surface area (Å²) in [7, 11) is 0. The monoisotopic (exact) mass is 244 g/mol. The van der Waals surface area contributed by atoms with Gasteiger partial charge in [-0.05, 0) is 25.3 Å². The molecule has 1 heterocycles. The van der Waals surface area contributed by atoms with Gasteiger partial charge in [-0.3, -0.25) is 4.79 Å². The second-order valence-electron chi connectivity index (χ2n) is 4.26. The van der Waals surface area contributed by atoms with Gasteiger partial charge >= 0.3 is 0 Å². The van der Waals surface area contributed by atoms with Crippen LogP contribution in [0.2, 0.25) is 0 Å². The summed E-state index contributed by atoms with van der Waals surface area (Å²) in [5.74, 6) is 0.0367. The summed E-state index contributed by atoms with van der Waals surface area (Å²) in [6, 6.07) is 10.3. The van der Waals surface area contributed by atoms with Gasteiger partial charge < -0.3 is 9.73 Å². The molecule has 94 valence electrons. The van der Waals surface area contributed by atoms with Crippen LogP contribution in [-0.4, -0.2) is 16.9 Å². The maximum atomic E-state index is 11.7. The molecule has 18 heavy (non-hydrogen) atoms. The fourth-order valence-electron chi connectivity index (χ4n) is 1.72. The summed E-state index contributed by atoms with van der Waals surface area (Å²) in [5.41, 5.74) is 1.28. The molecule has 0 spiro atoms. The van der Waals surface area contributed by atoms with Gasteiger partial charge in [0.2, 0.25) is 5.76 Å². The summed E-state index contributed by atoms with van der Waals surface area (Å²) in [4.78, 5) is 15.4. The Kier molecular flexibility index (Phi) is 4.12. The van der Waals surface area contributed by atoms with E-state index in [1.807, 2.05) is 25.1 Å². The molecule has 1 aromatic heterocycles. The van der Waals surface area contributed by atoms with Crippen LogP contribution in [0.4, 0.5) is 0 Å². The first kappa shape index (κ1) is 12.4. The Labute approximate surface area is 106 Å². The third kappa shape index (κ3) is 3.45. The van der Waals surface area contributed by atoms with Crippen molar-refractivity contribution in [1.29, 1.82) is 0 Å². The predicted molar refractivity (Wildman–Crippen MR) is 68.2 cm³/mol. The molecule has 0 radical (unpaired) electrons. The molecule has 1 N–H and O–H groups in total. The molecular formula is C14H16N2O2. The molecule has 4 heteroatoms. The molecule has 0 bridgehead atoms. The fraction of sp³-hybridized carbons (Fsp3) is 0.286. The highest BCUT2D eigenvalue weighted by Crippen LogP contribution is 2.05. The number of amides is 1. The number of aryl methyl sites for hydroxylation is 1. The van der Waals surface area contributed by atoms with Gasteiger partial charge in [-0.25, -0.2) is 4.98 Å². The SMILES string of the molecule is CC(CCc1ccccc1)NC(=O)c1cnco1. The number of nitrogens with zero attached hydrogens (tertiary/aromatic N) is 1. The van der Waals surface area contributed by atoms with E-state index in [0.29, 0.717) is 0 Å². The van der Waals surface area contributed by atoms with E-state index in [2.05, 4.69) is 22.4 Å². The maximum absolute atomic E-state index is 11.7. The summed E-state index contributed by atoms with van der Waals surface area (Å²) < 4.78 is 4.94. The topological polar surface area (TPSA) is 55.1 Å². The van der Waals surface area contributed by atoms with E-state index in [9.17, 15) is 4.79 Å². The standard InChI is InChI=1S/C14H16N2O2/c1-11(7-8-12-5-3-2-4-6-12)16-14(17)13-9-15-10-18-13/h2-6,9-11H,7-8H2,1H3,(H,16,17). The van der Waals surface area contributed by atoms with E-state index in [1.54, 1.807) is 0 Å². The van der Waals surface area contributed by atoms with Crippen LogP contribution in [0.15, 0.2) is 47.3 Å². The van der Waals surface area contributed by atoms with Gasteiger partial charge in [-0.2, -0.15) is 0 Å². The van der Waals surface area contributed by atoms with E-state index >= 15 is 0 Å². The lowest BCUT2D eigenvalue weighted by molar-refractivity contribution is 0.0910. The third-order valence-electron chi connectivity index (χ3n) is 2.74. The van der Waals surface area contributed by atoms with Crippen LogP contribution in [0.3, 0.4) is 0 Å². The number of benzene rings is 1. The molecular weight excluding hydrogens is 228 g/mol. The normalized spacial score (nSPS) is 12.1. The van der Waals surface area contributed by atoms with Crippen molar-refractivity contribution in [3.63, 3.8) is 0 Å². The molecule has 1 atom stereocenters. The number of nitrogens with one attached hydrogen (secondary N) is 1. The first-order valence-corrected chi connectivity index (χ1v) is 5.99. The molecule has 0 fully saturated rings. The zero-order valence-electron chi connectivity index (χ0n) is 10.3. The van der Waals surface area contributed by atoms with Crippen molar-refractivity contribution in [2.75, 3.05) is 0 Å². The third-order valence-corrected chi connectivity index (χ3v) is 2.74. The minimum atomic E-state index is -0.215. The van der Waals surface area contributed by atoms with Crippen molar-refractivity contribution in [1.82, 2.24) is 10.3 Å². The zero-order chi connectivity index (χ0) is 12.8. The first-order chi connectivity index (χ1) is 8.75. The van der Waals surface area contributed by atoms with Crippen LogP contribution in [0.5, 0.6) is 0 Å². The molecule has 4 nitrogen and oxygen atoms in total. The van der Waals surface area contributed by atoms with Gasteiger partial charge in [0.25, 0.3) is 5.91 Å². The minimum absolute atomic E-state index is 0.0998. The Bertz CT molecular complexity index is 480. The van der Waals surface area contributed by atoms with Crippen molar-refractivity contribution >= 4 is 5.91 Å². The van der Waals surface area contributed by atoms with Crippen molar-refractivity contribution in [3.8, 4) is 0 Å². The maximum Gasteiger partial charge on any atom is 0.288 e. The lowest BCUT2D eigenvalue weighted by Gasteiger charge is -2.12. The molecule has 0 saturated heterocycles. The zero-order valence-corrected chi connectivity index (χ0v) is 10.3. The van der Waals surface area contributed by atoms with Crippen LogP contribution in [0.1, 0.15) is 29.5 Å². The smallest absolute Gasteiger partial charge is 0.288 e. The van der Waals surface area contributed by atoms with Crippen molar-refractivity contribution < 1.29 is 9.21 Å². The molecule has 0 saturated carbocycles. The van der Waals surface area contributed by atoms with Gasteiger partial charge in [-0.1, -0.05) is 30.3 Å². The lowest BCUT2D eigenvalue weighted by Crippen LogP contribution is -2.32. The second kappa shape index (κ2) is 6.00. The lowest BCUT2D eigenvalue weighted by atomic mass is 10.1. The molecule has 1 amide bonds. The number of aromatic nitrogens is 1. The highest BCUT2D eigenvalue weighted by Gasteiger charge is 2.12. The Hall–Kier alpha value is -2.10. The average molecular weight is 244 g/mol. The highest BCUT2D eigenvalue weighted by molar-refractivity contribution is 5.91. The van der Waals surface area contributed by atoms with E-state index < -0.39 is 0 Å². The molecule has 2 aromatic rings. The Balaban J connectivity index is 1.79. The van der Waals surface area contributed by atoms with Crippen molar-refractivity contribution in [3.05, 3.63) is 54.2 Å². The van der Waals surface area contributed by atoms with Gasteiger partial charge in [0.1, 0.15) is 0 Å². The largest absolute Gasteiger partial charge is 0.438 e. The fourth-order valence-corrected chi connectivity index (χ4v) is 1.72. The van der Waals surface area contributed by atoms with Gasteiger partial charge in [0, 0.05) is 6.04 Å². The average Bonchev–Trinajstić information content (AvgIpc) is 2.91. The first-order valence-electron chi connectivity index (χ1n) is 5.99. The van der Waals surface area contributed by atoms with E-state index in [0.717, 1.165) is 12.8 Å². The number of hydrogen-bond acceptors (Lipinski definition) is 3. The molecule has 0 aliphatic carbocycles. The molecule has 1 aromatic carbocycles. The quantitative estimate of drug-likeness (QED) is 0.878. The number of oxazole rings is 1. The number of hydrogen-bond donors (Lipinski definition) is 1. The summed E-state index contributed by atoms with van der Waals surface area (Å²) in [6.07, 6.45) is 4.51. The van der Waals surface area contributed by atoms with Crippen molar-refractivity contribution in [2.45, 2.75) is 25.8 Å². The second-order valence-corrected chi connectivity index (χ2v) is 4.26. The van der Waals surface area contributed by atoms with Crippen LogP contribution in [0.25, 0.3) is 0 Å². The van der Waals surface area contributed by atoms with Gasteiger partial charge in [0.15, 0.2) is 6.39 Å². The number of rotatable bonds is 5. The van der Waals surface area contributed by atoms with E-state index in [-0.39, 0.29) is 17.7 Å². The highest BCUT2D eigenvalue weighted by atomic mass is 16.3. The Morgan fingerprint density at radius 3 is 2.83 bits per heavy atom. The molecule has 1 unspecified atom stereocenters. The van der Waals surface area contributed by atoms with E-state index in [4.69, 9.17) is 4.42 Å². The Morgan fingerprint density at radius 2 is 2.17 bits per heavy atom. The molecule has 0 aliphatic heterocycles. The predicted octanol–water partition coefficient (Wildman–Crippen LogP) is 2.43. The van der Waals surface area contributed by atoms with Crippen LogP contribution in [-0.2, 0) is 6.42 Å². The molecule has 0 aliphatic rings. The van der Waals surface area contributed by atoms with Crippen LogP contribution < -0.4 is 5.32 Å². The Morgan fingerprint density at radius 1 is 1.39 bits per heavy atom. The minimum Gasteiger partial charge on any atom is -0.438 e. The summed E-state index contributed by atoms with van der Waals surface area (Å²) in [5, 5.41) is 2.88. The van der Waals surface area contributed by atoms with Gasteiger partial charge in [0.05, 0.1) is 6.20 Å². The van der Waals surface area contributed by atoms with Crippen molar-refractivity contribution in [2.24, 2.45) is 0 Å². The van der Waals surface area contributed by atoms with Crippen LogP contribution >= 0.6 is 0 Å². The summed E-state index contributed by atoms with van der Waals surface area (Å²) in [6.45, 7) is 1.98. The van der Waals surface area contributed by atoms with E-state index in [1.165, 1.54) is 18.2 Å². The number of carbonyl (C=O) groups is 1.